The summed E-state index contributed by atoms with van der Waals surface area (Å²) in [7, 11) is 0. The van der Waals surface area contributed by atoms with Crippen molar-refractivity contribution < 1.29 is 10.0 Å². The molecule has 0 radical (unpaired) electrons. The molecule has 2 aromatic heterocycles. The molecule has 0 aliphatic rings. The van der Waals surface area contributed by atoms with E-state index >= 15 is 0 Å². The largest absolute Gasteiger partial charge is 0.394 e. The Hall–Kier alpha value is -3.59. The molecule has 9 heteroatoms. The van der Waals surface area contributed by atoms with E-state index in [2.05, 4.69) is 25.6 Å². The summed E-state index contributed by atoms with van der Waals surface area (Å²) in [5.41, 5.74) is 2.36. The third-order valence-electron chi connectivity index (χ3n) is 3.95. The van der Waals surface area contributed by atoms with E-state index in [4.69, 9.17) is 0 Å². The first-order chi connectivity index (χ1) is 13.5. The Bertz CT molecular complexity index is 951. The van der Waals surface area contributed by atoms with Gasteiger partial charge in [-0.25, -0.2) is 4.98 Å². The maximum Gasteiger partial charge on any atom is 0.269 e. The monoisotopic (exact) mass is 380 g/mol. The van der Waals surface area contributed by atoms with Gasteiger partial charge in [-0.2, -0.15) is 4.98 Å². The van der Waals surface area contributed by atoms with E-state index in [0.717, 1.165) is 11.1 Å². The highest BCUT2D eigenvalue weighted by molar-refractivity contribution is 5.64. The van der Waals surface area contributed by atoms with Crippen LogP contribution in [0, 0.1) is 10.1 Å². The topological polar surface area (TPSA) is 126 Å². The fraction of sp³-hybridized carbons (Fsp3) is 0.211. The highest BCUT2D eigenvalue weighted by atomic mass is 16.6. The van der Waals surface area contributed by atoms with Gasteiger partial charge in [0.15, 0.2) is 0 Å². The summed E-state index contributed by atoms with van der Waals surface area (Å²) in [5, 5.41) is 26.4. The summed E-state index contributed by atoms with van der Waals surface area (Å²) < 4.78 is 0. The van der Waals surface area contributed by atoms with Gasteiger partial charge in [-0.3, -0.25) is 15.1 Å². The second kappa shape index (κ2) is 8.87. The number of aliphatic hydroxyl groups excluding tert-OH is 1. The van der Waals surface area contributed by atoms with E-state index in [9.17, 15) is 15.2 Å². The number of nitrogens with one attached hydrogen (secondary N) is 2. The van der Waals surface area contributed by atoms with Crippen LogP contribution in [0.3, 0.4) is 0 Å². The molecule has 9 nitrogen and oxygen atoms in total. The lowest BCUT2D eigenvalue weighted by Crippen LogP contribution is -2.21. The molecule has 2 heterocycles. The summed E-state index contributed by atoms with van der Waals surface area (Å²) in [6.07, 6.45) is 3.36. The number of hydrogen-bond donors (Lipinski definition) is 3. The summed E-state index contributed by atoms with van der Waals surface area (Å²) >= 11 is 0. The number of rotatable bonds is 8. The summed E-state index contributed by atoms with van der Waals surface area (Å²) in [6.45, 7) is 2.13. The Morgan fingerprint density at radius 3 is 2.68 bits per heavy atom. The molecule has 1 aromatic carbocycles. The van der Waals surface area contributed by atoms with Gasteiger partial charge in [0.2, 0.25) is 5.95 Å². The van der Waals surface area contributed by atoms with Crippen molar-refractivity contribution in [1.29, 1.82) is 0 Å². The zero-order chi connectivity index (χ0) is 19.9. The molecule has 0 amide bonds. The normalized spacial score (nSPS) is 11.6. The number of aromatic nitrogens is 3. The minimum atomic E-state index is -0.423. The van der Waals surface area contributed by atoms with Gasteiger partial charge in [0.05, 0.1) is 17.2 Å². The highest BCUT2D eigenvalue weighted by Crippen LogP contribution is 2.22. The first kappa shape index (κ1) is 19.2. The van der Waals surface area contributed by atoms with Crippen LogP contribution in [0.25, 0.3) is 11.3 Å². The molecule has 0 unspecified atom stereocenters. The lowest BCUT2D eigenvalue weighted by Gasteiger charge is -2.14. The van der Waals surface area contributed by atoms with E-state index in [1.807, 2.05) is 19.1 Å². The molecule has 0 spiro atoms. The minimum absolute atomic E-state index is 0.0404. The summed E-state index contributed by atoms with van der Waals surface area (Å²) in [5.74, 6) is 0.929. The van der Waals surface area contributed by atoms with Crippen molar-refractivity contribution in [3.8, 4) is 11.3 Å². The molecular weight excluding hydrogens is 360 g/mol. The third kappa shape index (κ3) is 4.98. The van der Waals surface area contributed by atoms with Gasteiger partial charge in [-0.15, -0.1) is 0 Å². The van der Waals surface area contributed by atoms with Gasteiger partial charge >= 0.3 is 0 Å². The fourth-order valence-electron chi connectivity index (χ4n) is 2.51. The second-order valence-electron chi connectivity index (χ2n) is 6.21. The van der Waals surface area contributed by atoms with Crippen LogP contribution in [0.2, 0.25) is 0 Å². The zero-order valence-corrected chi connectivity index (χ0v) is 15.2. The highest BCUT2D eigenvalue weighted by Gasteiger charge is 2.10. The van der Waals surface area contributed by atoms with E-state index in [1.165, 1.54) is 12.1 Å². The van der Waals surface area contributed by atoms with E-state index < -0.39 is 4.92 Å². The Kier molecular flexibility index (Phi) is 6.07. The van der Waals surface area contributed by atoms with E-state index in [-0.39, 0.29) is 18.3 Å². The summed E-state index contributed by atoms with van der Waals surface area (Å²) in [4.78, 5) is 23.4. The number of nitro groups is 1. The Balaban J connectivity index is 1.85. The van der Waals surface area contributed by atoms with Crippen molar-refractivity contribution in [3.05, 3.63) is 70.5 Å². The molecule has 3 N–H and O–H groups in total. The first-order valence-corrected chi connectivity index (χ1v) is 8.69. The van der Waals surface area contributed by atoms with Crippen molar-refractivity contribution in [1.82, 2.24) is 15.0 Å². The molecule has 0 aliphatic heterocycles. The molecule has 3 rings (SSSR count). The molecule has 28 heavy (non-hydrogen) atoms. The van der Waals surface area contributed by atoms with Crippen LogP contribution in [0.15, 0.2) is 54.9 Å². The minimum Gasteiger partial charge on any atom is -0.394 e. The smallest absolute Gasteiger partial charge is 0.269 e. The molecule has 0 fully saturated rings. The summed E-state index contributed by atoms with van der Waals surface area (Å²) in [6, 6.07) is 11.7. The maximum atomic E-state index is 10.9. The molecule has 0 aliphatic carbocycles. The van der Waals surface area contributed by atoms with Crippen LogP contribution in [0.5, 0.6) is 0 Å². The second-order valence-corrected chi connectivity index (χ2v) is 6.21. The van der Waals surface area contributed by atoms with Gasteiger partial charge in [0.25, 0.3) is 5.69 Å². The van der Waals surface area contributed by atoms with Crippen molar-refractivity contribution in [2.75, 3.05) is 17.2 Å². The molecule has 0 saturated carbocycles. The predicted molar refractivity (Wildman–Crippen MR) is 106 cm³/mol. The standard InChI is InChI=1S/C19H20N6O3/c1-13(12-26)22-19-23-17(15-5-7-20-8-6-15)10-18(24-19)21-11-14-3-2-4-16(9-14)25(27)28/h2-10,13,26H,11-12H2,1H3,(H2,21,22,23,24)/t13-/m0/s1. The van der Waals surface area contributed by atoms with Gasteiger partial charge in [0.1, 0.15) is 5.82 Å². The average Bonchev–Trinajstić information content (AvgIpc) is 2.73. The van der Waals surface area contributed by atoms with Gasteiger partial charge in [-0.1, -0.05) is 12.1 Å². The maximum absolute atomic E-state index is 10.9. The van der Waals surface area contributed by atoms with Crippen LogP contribution in [-0.4, -0.2) is 37.6 Å². The molecule has 3 aromatic rings. The molecule has 1 atom stereocenters. The van der Waals surface area contributed by atoms with Gasteiger partial charge in [-0.05, 0) is 24.6 Å². The SMILES string of the molecule is C[C@@H](CO)Nc1nc(NCc2cccc([N+](=O)[O-])c2)cc(-c2ccncc2)n1. The fourth-order valence-corrected chi connectivity index (χ4v) is 2.51. The van der Waals surface area contributed by atoms with E-state index in [0.29, 0.717) is 24.0 Å². The van der Waals surface area contributed by atoms with Crippen molar-refractivity contribution >= 4 is 17.5 Å². The van der Waals surface area contributed by atoms with Crippen molar-refractivity contribution in [3.63, 3.8) is 0 Å². The zero-order valence-electron chi connectivity index (χ0n) is 15.2. The molecule has 0 bridgehead atoms. The van der Waals surface area contributed by atoms with Crippen LogP contribution >= 0.6 is 0 Å². The number of aliphatic hydroxyl groups is 1. The van der Waals surface area contributed by atoms with Crippen LogP contribution < -0.4 is 10.6 Å². The predicted octanol–water partition coefficient (Wildman–Crippen LogP) is 2.85. The quantitative estimate of drug-likeness (QED) is 0.402. The lowest BCUT2D eigenvalue weighted by atomic mass is 10.2. The number of non-ortho nitro benzene ring substituents is 1. The molecule has 0 saturated heterocycles. The van der Waals surface area contributed by atoms with Gasteiger partial charge < -0.3 is 15.7 Å². The van der Waals surface area contributed by atoms with Crippen LogP contribution in [-0.2, 0) is 6.54 Å². The number of hydrogen-bond acceptors (Lipinski definition) is 8. The average molecular weight is 380 g/mol. The molecule has 144 valence electrons. The number of benzene rings is 1. The Morgan fingerprint density at radius 2 is 1.96 bits per heavy atom. The van der Waals surface area contributed by atoms with Gasteiger partial charge in [0, 0.05) is 48.7 Å². The molecular formula is C19H20N6O3. The Morgan fingerprint density at radius 1 is 1.18 bits per heavy atom. The van der Waals surface area contributed by atoms with Crippen molar-refractivity contribution in [2.45, 2.75) is 19.5 Å². The van der Waals surface area contributed by atoms with Crippen LogP contribution in [0.1, 0.15) is 12.5 Å². The van der Waals surface area contributed by atoms with E-state index in [1.54, 1.807) is 30.6 Å². The third-order valence-corrected chi connectivity index (χ3v) is 3.95. The number of pyridine rings is 1. The first-order valence-electron chi connectivity index (χ1n) is 8.69. The Labute approximate surface area is 161 Å². The number of nitro benzene ring substituents is 1. The number of anilines is 2. The lowest BCUT2D eigenvalue weighted by molar-refractivity contribution is -0.384. The van der Waals surface area contributed by atoms with Crippen LogP contribution in [0.4, 0.5) is 17.5 Å². The number of nitrogens with zero attached hydrogens (tertiary/aromatic N) is 4. The van der Waals surface area contributed by atoms with Crippen molar-refractivity contribution in [2.24, 2.45) is 0 Å².